The topological polar surface area (TPSA) is 66.8 Å². The molecule has 26 heavy (non-hydrogen) atoms. The minimum Gasteiger partial charge on any atom is -0.468 e. The third-order valence-electron chi connectivity index (χ3n) is 5.37. The number of aromatic nitrogens is 1. The first-order valence-corrected chi connectivity index (χ1v) is 9.03. The van der Waals surface area contributed by atoms with Crippen molar-refractivity contribution in [2.75, 3.05) is 39.8 Å². The molecular weight excluding hydrogens is 332 g/mol. The van der Waals surface area contributed by atoms with Gasteiger partial charge in [-0.05, 0) is 11.6 Å². The molecule has 1 aromatic carbocycles. The molecule has 1 N–H and O–H groups in total. The van der Waals surface area contributed by atoms with E-state index in [-0.39, 0.29) is 24.5 Å². The van der Waals surface area contributed by atoms with Gasteiger partial charge in [0.2, 0.25) is 5.91 Å². The molecule has 2 aliphatic rings. The van der Waals surface area contributed by atoms with E-state index in [1.54, 1.807) is 0 Å². The van der Waals surface area contributed by atoms with Gasteiger partial charge < -0.3 is 14.6 Å². The Morgan fingerprint density at radius 1 is 1.27 bits per heavy atom. The van der Waals surface area contributed by atoms with Crippen LogP contribution >= 0.6 is 0 Å². The lowest BCUT2D eigenvalue weighted by Gasteiger charge is -2.43. The molecule has 0 spiro atoms. The van der Waals surface area contributed by atoms with Crippen LogP contribution in [0.25, 0.3) is 10.9 Å². The minimum atomic E-state index is -0.259. The number of carbonyl (C=O) groups excluding carboxylic acids is 2. The average molecular weight is 356 g/mol. The summed E-state index contributed by atoms with van der Waals surface area (Å²) in [5, 5.41) is 4.11. The second-order valence-corrected chi connectivity index (χ2v) is 6.95. The van der Waals surface area contributed by atoms with E-state index in [9.17, 15) is 9.59 Å². The SMILES string of the molecule is COC(=O)Cn1cc(CN2CCN3CCNC(=O)C3C2)c2ccccc21. The minimum absolute atomic E-state index is 0.0547. The summed E-state index contributed by atoms with van der Waals surface area (Å²) in [5.41, 5.74) is 2.20. The lowest BCUT2D eigenvalue weighted by atomic mass is 10.1. The van der Waals surface area contributed by atoms with E-state index in [0.717, 1.165) is 50.2 Å². The van der Waals surface area contributed by atoms with Gasteiger partial charge in [-0.2, -0.15) is 0 Å². The third kappa shape index (κ3) is 3.20. The zero-order chi connectivity index (χ0) is 18.1. The van der Waals surface area contributed by atoms with E-state index in [1.165, 1.54) is 12.7 Å². The van der Waals surface area contributed by atoms with Crippen LogP contribution in [-0.4, -0.2) is 72.1 Å². The van der Waals surface area contributed by atoms with E-state index >= 15 is 0 Å². The molecule has 1 atom stereocenters. The standard InChI is InChI=1S/C19H24N4O3/c1-26-18(24)13-23-11-14(15-4-2-3-5-16(15)23)10-21-8-9-22-7-6-20-19(25)17(22)12-21/h2-5,11,17H,6-10,12-13H2,1H3,(H,20,25). The molecule has 0 radical (unpaired) electrons. The first-order valence-electron chi connectivity index (χ1n) is 9.03. The number of rotatable bonds is 4. The predicted octanol–water partition coefficient (Wildman–Crippen LogP) is 0.430. The molecule has 2 aliphatic heterocycles. The van der Waals surface area contributed by atoms with Gasteiger partial charge in [0.25, 0.3) is 0 Å². The maximum absolute atomic E-state index is 12.2. The maximum Gasteiger partial charge on any atom is 0.325 e. The van der Waals surface area contributed by atoms with E-state index in [0.29, 0.717) is 0 Å². The van der Waals surface area contributed by atoms with Gasteiger partial charge >= 0.3 is 5.97 Å². The molecule has 7 nitrogen and oxygen atoms in total. The summed E-state index contributed by atoms with van der Waals surface area (Å²) in [6, 6.07) is 8.04. The second-order valence-electron chi connectivity index (χ2n) is 6.95. The summed E-state index contributed by atoms with van der Waals surface area (Å²) in [5.74, 6) is -0.126. The molecule has 1 amide bonds. The molecule has 0 bridgehead atoms. The van der Waals surface area contributed by atoms with Crippen LogP contribution in [0.5, 0.6) is 0 Å². The van der Waals surface area contributed by atoms with Gasteiger partial charge in [-0.15, -0.1) is 0 Å². The Labute approximate surface area is 152 Å². The number of esters is 1. The number of fused-ring (bicyclic) bond motifs is 2. The van der Waals surface area contributed by atoms with Crippen LogP contribution in [0.4, 0.5) is 0 Å². The first kappa shape index (κ1) is 17.1. The van der Waals surface area contributed by atoms with Crippen LogP contribution in [0, 0.1) is 0 Å². The summed E-state index contributed by atoms with van der Waals surface area (Å²) in [4.78, 5) is 28.5. The number of hydrogen-bond acceptors (Lipinski definition) is 5. The number of ether oxygens (including phenoxy) is 1. The fourth-order valence-corrected chi connectivity index (χ4v) is 4.00. The fourth-order valence-electron chi connectivity index (χ4n) is 4.00. The van der Waals surface area contributed by atoms with Crippen molar-refractivity contribution in [2.45, 2.75) is 19.1 Å². The van der Waals surface area contributed by atoms with Crippen LogP contribution in [0.3, 0.4) is 0 Å². The third-order valence-corrected chi connectivity index (χ3v) is 5.37. The fraction of sp³-hybridized carbons (Fsp3) is 0.474. The highest BCUT2D eigenvalue weighted by Gasteiger charge is 2.34. The Hall–Kier alpha value is -2.38. The lowest BCUT2D eigenvalue weighted by molar-refractivity contribution is -0.141. The Kier molecular flexibility index (Phi) is 4.65. The number of para-hydroxylation sites is 1. The Morgan fingerprint density at radius 2 is 2.12 bits per heavy atom. The summed E-state index contributed by atoms with van der Waals surface area (Å²) >= 11 is 0. The van der Waals surface area contributed by atoms with Crippen molar-refractivity contribution < 1.29 is 14.3 Å². The lowest BCUT2D eigenvalue weighted by Crippen LogP contribution is -2.63. The normalized spacial score (nSPS) is 21.4. The first-order chi connectivity index (χ1) is 12.7. The van der Waals surface area contributed by atoms with Gasteiger partial charge in [0.15, 0.2) is 0 Å². The average Bonchev–Trinajstić information content (AvgIpc) is 3.00. The number of methoxy groups -OCH3 is 1. The molecule has 2 aromatic rings. The van der Waals surface area contributed by atoms with Crippen LogP contribution in [-0.2, 0) is 27.4 Å². The second kappa shape index (κ2) is 7.09. The molecule has 2 fully saturated rings. The van der Waals surface area contributed by atoms with Crippen molar-refractivity contribution in [3.05, 3.63) is 36.0 Å². The zero-order valence-corrected chi connectivity index (χ0v) is 15.0. The predicted molar refractivity (Wildman–Crippen MR) is 97.6 cm³/mol. The van der Waals surface area contributed by atoms with Crippen molar-refractivity contribution in [3.63, 3.8) is 0 Å². The molecule has 2 saturated heterocycles. The van der Waals surface area contributed by atoms with E-state index < -0.39 is 0 Å². The molecule has 0 saturated carbocycles. The van der Waals surface area contributed by atoms with Crippen LogP contribution < -0.4 is 5.32 Å². The zero-order valence-electron chi connectivity index (χ0n) is 15.0. The van der Waals surface area contributed by atoms with Gasteiger partial charge in [-0.3, -0.25) is 19.4 Å². The molecular formula is C19H24N4O3. The Morgan fingerprint density at radius 3 is 2.96 bits per heavy atom. The Balaban J connectivity index is 1.55. The van der Waals surface area contributed by atoms with Gasteiger partial charge in [-0.25, -0.2) is 0 Å². The highest BCUT2D eigenvalue weighted by molar-refractivity contribution is 5.85. The van der Waals surface area contributed by atoms with Gasteiger partial charge in [0.05, 0.1) is 7.11 Å². The molecule has 1 aromatic heterocycles. The number of nitrogens with zero attached hydrogens (tertiary/aromatic N) is 3. The number of amides is 1. The van der Waals surface area contributed by atoms with Crippen LogP contribution in [0.1, 0.15) is 5.56 Å². The molecule has 1 unspecified atom stereocenters. The summed E-state index contributed by atoms with van der Waals surface area (Å²) in [6.45, 7) is 5.25. The molecule has 138 valence electrons. The smallest absolute Gasteiger partial charge is 0.325 e. The highest BCUT2D eigenvalue weighted by atomic mass is 16.5. The molecule has 4 rings (SSSR count). The largest absolute Gasteiger partial charge is 0.468 e. The van der Waals surface area contributed by atoms with E-state index in [4.69, 9.17) is 4.74 Å². The maximum atomic E-state index is 12.2. The summed E-state index contributed by atoms with van der Waals surface area (Å²) in [6.07, 6.45) is 2.04. The van der Waals surface area contributed by atoms with Gasteiger partial charge in [0.1, 0.15) is 12.6 Å². The number of piperazine rings is 2. The van der Waals surface area contributed by atoms with Crippen molar-refractivity contribution in [3.8, 4) is 0 Å². The number of carbonyl (C=O) groups is 2. The van der Waals surface area contributed by atoms with E-state index in [2.05, 4.69) is 21.2 Å². The molecule has 0 aliphatic carbocycles. The van der Waals surface area contributed by atoms with Crippen molar-refractivity contribution in [1.29, 1.82) is 0 Å². The summed E-state index contributed by atoms with van der Waals surface area (Å²) < 4.78 is 6.76. The van der Waals surface area contributed by atoms with Crippen molar-refractivity contribution in [1.82, 2.24) is 19.7 Å². The van der Waals surface area contributed by atoms with Crippen molar-refractivity contribution >= 4 is 22.8 Å². The van der Waals surface area contributed by atoms with Gasteiger partial charge in [0, 0.05) is 56.4 Å². The quantitative estimate of drug-likeness (QED) is 0.805. The number of benzene rings is 1. The summed E-state index contributed by atoms with van der Waals surface area (Å²) in [7, 11) is 1.41. The monoisotopic (exact) mass is 356 g/mol. The number of nitrogens with one attached hydrogen (secondary N) is 1. The molecule has 3 heterocycles. The highest BCUT2D eigenvalue weighted by Crippen LogP contribution is 2.24. The number of hydrogen-bond donors (Lipinski definition) is 1. The van der Waals surface area contributed by atoms with E-state index in [1.807, 2.05) is 29.0 Å². The Bertz CT molecular complexity index is 831. The van der Waals surface area contributed by atoms with Crippen molar-refractivity contribution in [2.24, 2.45) is 0 Å². The van der Waals surface area contributed by atoms with Crippen LogP contribution in [0.2, 0.25) is 0 Å². The van der Waals surface area contributed by atoms with Gasteiger partial charge in [-0.1, -0.05) is 18.2 Å². The molecule has 7 heteroatoms. The van der Waals surface area contributed by atoms with Crippen LogP contribution in [0.15, 0.2) is 30.5 Å².